The summed E-state index contributed by atoms with van der Waals surface area (Å²) in [6.07, 6.45) is 0. The van der Waals surface area contributed by atoms with Gasteiger partial charge in [0.25, 0.3) is 0 Å². The van der Waals surface area contributed by atoms with Crippen LogP contribution in [-0.2, 0) is 19.0 Å². The van der Waals surface area contributed by atoms with E-state index in [0.29, 0.717) is 10.9 Å². The van der Waals surface area contributed by atoms with Crippen molar-refractivity contribution >= 4 is 16.1 Å². The molecular formula is C7H7FN2O5S. The predicted octanol–water partition coefficient (Wildman–Crippen LogP) is 0.267. The molecule has 88 valence electrons. The zero-order valence-electron chi connectivity index (χ0n) is 8.01. The molecule has 1 N–H and O–H groups in total. The van der Waals surface area contributed by atoms with Crippen molar-refractivity contribution in [3.05, 3.63) is 24.0 Å². The van der Waals surface area contributed by atoms with Crippen LogP contribution in [-0.4, -0.2) is 15.5 Å². The van der Waals surface area contributed by atoms with E-state index in [4.69, 9.17) is 4.74 Å². The number of halogens is 1. The van der Waals surface area contributed by atoms with E-state index in [1.807, 2.05) is 5.59 Å². The fourth-order valence-electron chi connectivity index (χ4n) is 1.07. The Kier molecular flexibility index (Phi) is 2.68. The van der Waals surface area contributed by atoms with Crippen LogP contribution in [0.3, 0.4) is 0 Å². The second kappa shape index (κ2) is 3.87. The smallest absolute Gasteiger partial charge is 0.440 e. The van der Waals surface area contributed by atoms with Crippen LogP contribution in [0.5, 0.6) is 5.75 Å². The summed E-state index contributed by atoms with van der Waals surface area (Å²) in [4.78, 5) is 0. The highest BCUT2D eigenvalue weighted by Crippen LogP contribution is 2.25. The molecule has 0 aromatic heterocycles. The van der Waals surface area contributed by atoms with E-state index in [-0.39, 0.29) is 5.69 Å². The lowest BCUT2D eigenvalue weighted by Crippen LogP contribution is -2.29. The van der Waals surface area contributed by atoms with Crippen LogP contribution >= 0.6 is 0 Å². The predicted molar refractivity (Wildman–Crippen MR) is 49.7 cm³/mol. The lowest BCUT2D eigenvalue weighted by atomic mass is 10.3. The van der Waals surface area contributed by atoms with E-state index in [0.717, 1.165) is 6.07 Å². The molecule has 7 nitrogen and oxygen atoms in total. The molecule has 0 bridgehead atoms. The van der Waals surface area contributed by atoms with Gasteiger partial charge in [-0.25, -0.2) is 4.39 Å². The minimum atomic E-state index is -4.16. The Morgan fingerprint density at radius 1 is 1.50 bits per heavy atom. The molecule has 1 aliphatic heterocycles. The van der Waals surface area contributed by atoms with Gasteiger partial charge in [0, 0.05) is 6.07 Å². The molecule has 1 aliphatic rings. The molecule has 0 saturated carbocycles. The van der Waals surface area contributed by atoms with Gasteiger partial charge in [-0.05, 0) is 12.1 Å². The molecule has 1 heterocycles. The lowest BCUT2D eigenvalue weighted by Gasteiger charge is -2.12. The molecule has 0 spiro atoms. The minimum Gasteiger partial charge on any atom is -0.497 e. The molecule has 2 rings (SSSR count). The molecule has 9 heteroatoms. The number of nitrogens with zero attached hydrogens (tertiary/aromatic N) is 1. The number of hydrogen-bond acceptors (Lipinski definition) is 7. The number of ether oxygens (including phenoxy) is 1. The molecule has 0 amide bonds. The van der Waals surface area contributed by atoms with Crippen molar-refractivity contribution in [2.24, 2.45) is 0 Å². The zero-order chi connectivity index (χ0) is 11.8. The average Bonchev–Trinajstić information content (AvgIpc) is 2.58. The third-order valence-electron chi connectivity index (χ3n) is 1.76. The second-order valence-electron chi connectivity index (χ2n) is 2.77. The van der Waals surface area contributed by atoms with Crippen LogP contribution in [0.2, 0.25) is 0 Å². The Bertz CT molecular complexity index is 505. The maximum atomic E-state index is 13.4. The molecule has 0 radical (unpaired) electrons. The van der Waals surface area contributed by atoms with Crippen molar-refractivity contribution in [2.45, 2.75) is 0 Å². The van der Waals surface area contributed by atoms with Crippen molar-refractivity contribution in [1.82, 2.24) is 5.59 Å². The number of hydrazine groups is 1. The molecule has 0 atom stereocenters. The summed E-state index contributed by atoms with van der Waals surface area (Å²) in [5.74, 6) is -0.434. The maximum Gasteiger partial charge on any atom is 0.440 e. The van der Waals surface area contributed by atoms with Gasteiger partial charge in [-0.1, -0.05) is 5.59 Å². The Morgan fingerprint density at radius 3 is 2.75 bits per heavy atom. The first kappa shape index (κ1) is 11.1. The van der Waals surface area contributed by atoms with Gasteiger partial charge < -0.3 is 4.74 Å². The molecule has 1 aromatic carbocycles. The van der Waals surface area contributed by atoms with Crippen LogP contribution < -0.4 is 15.5 Å². The topological polar surface area (TPSA) is 77.1 Å². The van der Waals surface area contributed by atoms with Gasteiger partial charge in [0.15, 0.2) is 5.82 Å². The van der Waals surface area contributed by atoms with Crippen LogP contribution in [0.15, 0.2) is 18.2 Å². The highest BCUT2D eigenvalue weighted by atomic mass is 32.3. The van der Waals surface area contributed by atoms with E-state index in [1.54, 1.807) is 0 Å². The largest absolute Gasteiger partial charge is 0.497 e. The summed E-state index contributed by atoms with van der Waals surface area (Å²) in [6.45, 7) is 0. The van der Waals surface area contributed by atoms with Crippen molar-refractivity contribution in [1.29, 1.82) is 0 Å². The molecule has 0 unspecified atom stereocenters. The number of benzene rings is 1. The van der Waals surface area contributed by atoms with Crippen LogP contribution in [0, 0.1) is 5.82 Å². The normalized spacial score (nSPS) is 18.8. The zero-order valence-corrected chi connectivity index (χ0v) is 8.82. The number of rotatable bonds is 2. The van der Waals surface area contributed by atoms with Gasteiger partial charge in [0.1, 0.15) is 11.4 Å². The van der Waals surface area contributed by atoms with Crippen molar-refractivity contribution < 1.29 is 26.1 Å². The maximum absolute atomic E-state index is 13.4. The SMILES string of the molecule is COc1ccc(N2NOS(=O)(=O)O2)c(F)c1. The third kappa shape index (κ3) is 2.07. The quantitative estimate of drug-likeness (QED) is 0.807. The van der Waals surface area contributed by atoms with E-state index in [2.05, 4.69) is 8.57 Å². The van der Waals surface area contributed by atoms with Crippen molar-refractivity contribution in [3.63, 3.8) is 0 Å². The summed E-state index contributed by atoms with van der Waals surface area (Å²) < 4.78 is 48.1. The Balaban J connectivity index is 2.29. The highest BCUT2D eigenvalue weighted by Gasteiger charge is 2.30. The highest BCUT2D eigenvalue weighted by molar-refractivity contribution is 7.82. The number of hydrogen-bond donors (Lipinski definition) is 1. The molecule has 1 fully saturated rings. The molecule has 1 aromatic rings. The van der Waals surface area contributed by atoms with E-state index in [1.165, 1.54) is 19.2 Å². The average molecular weight is 250 g/mol. The minimum absolute atomic E-state index is 0.151. The number of methoxy groups -OCH3 is 1. The van der Waals surface area contributed by atoms with Gasteiger partial charge in [0.05, 0.1) is 7.11 Å². The van der Waals surface area contributed by atoms with Crippen molar-refractivity contribution in [3.8, 4) is 5.75 Å². The summed E-state index contributed by atoms with van der Waals surface area (Å²) >= 11 is 0. The van der Waals surface area contributed by atoms with E-state index < -0.39 is 16.2 Å². The summed E-state index contributed by atoms with van der Waals surface area (Å²) in [5, 5.41) is 0.546. The Hall–Kier alpha value is -1.42. The third-order valence-corrected chi connectivity index (χ3v) is 2.37. The molecule has 16 heavy (non-hydrogen) atoms. The standard InChI is InChI=1S/C7H7FN2O5S/c1-13-5-2-3-7(6(8)4-5)10-9-14-16(11,12)15-10/h2-4,9H,1H3. The summed E-state index contributed by atoms with van der Waals surface area (Å²) in [6, 6.07) is 3.78. The molecule has 1 saturated heterocycles. The van der Waals surface area contributed by atoms with Crippen molar-refractivity contribution in [2.75, 3.05) is 12.3 Å². The van der Waals surface area contributed by atoms with Crippen LogP contribution in [0.4, 0.5) is 10.1 Å². The number of anilines is 1. The van der Waals surface area contributed by atoms with Gasteiger partial charge in [0.2, 0.25) is 0 Å². The summed E-state index contributed by atoms with van der Waals surface area (Å²) in [7, 11) is -2.78. The van der Waals surface area contributed by atoms with Gasteiger partial charge in [-0.3, -0.25) is 0 Å². The Labute approximate surface area is 90.5 Å². The fourth-order valence-corrected chi connectivity index (χ4v) is 1.55. The molecule has 0 aliphatic carbocycles. The first-order chi connectivity index (χ1) is 7.52. The molecular weight excluding hydrogens is 243 g/mol. The monoisotopic (exact) mass is 250 g/mol. The first-order valence-electron chi connectivity index (χ1n) is 4.04. The van der Waals surface area contributed by atoms with Crippen LogP contribution in [0.25, 0.3) is 0 Å². The Morgan fingerprint density at radius 2 is 2.25 bits per heavy atom. The van der Waals surface area contributed by atoms with Crippen LogP contribution in [0.1, 0.15) is 0 Å². The van der Waals surface area contributed by atoms with Gasteiger partial charge >= 0.3 is 10.4 Å². The fraction of sp³-hybridized carbons (Fsp3) is 0.143. The van der Waals surface area contributed by atoms with E-state index in [9.17, 15) is 12.8 Å². The van der Waals surface area contributed by atoms with Gasteiger partial charge in [-0.15, -0.1) is 13.7 Å². The summed E-state index contributed by atoms with van der Waals surface area (Å²) in [5.41, 5.74) is 1.73. The number of nitrogens with one attached hydrogen (secondary N) is 1. The van der Waals surface area contributed by atoms with Gasteiger partial charge in [-0.2, -0.15) is 8.42 Å². The van der Waals surface area contributed by atoms with E-state index >= 15 is 0 Å². The second-order valence-corrected chi connectivity index (χ2v) is 3.90. The lowest BCUT2D eigenvalue weighted by molar-refractivity contribution is 0.196. The first-order valence-corrected chi connectivity index (χ1v) is 5.37.